The van der Waals surface area contributed by atoms with Crippen molar-refractivity contribution in [2.45, 2.75) is 26.7 Å². The number of carbonyl (C=O) groups is 1. The molecule has 1 aromatic rings. The van der Waals surface area contributed by atoms with Crippen LogP contribution in [-0.4, -0.2) is 33.8 Å². The second-order valence-corrected chi connectivity index (χ2v) is 6.33. The van der Waals surface area contributed by atoms with Crippen LogP contribution in [0.1, 0.15) is 37.0 Å². The smallest absolute Gasteiger partial charge is 0.340 e. The van der Waals surface area contributed by atoms with Crippen LogP contribution in [0.3, 0.4) is 0 Å². The first-order valence-electron chi connectivity index (χ1n) is 6.65. The third-order valence-corrected chi connectivity index (χ3v) is 3.96. The van der Waals surface area contributed by atoms with E-state index in [4.69, 9.17) is 4.74 Å². The number of rotatable bonds is 7. The zero-order valence-electron chi connectivity index (χ0n) is 12.1. The Kier molecular flexibility index (Phi) is 6.01. The lowest BCUT2D eigenvalue weighted by Crippen LogP contribution is -2.32. The summed E-state index contributed by atoms with van der Waals surface area (Å²) < 4.78 is 30.1. The van der Waals surface area contributed by atoms with Gasteiger partial charge in [-0.15, -0.1) is 0 Å². The Morgan fingerprint density at radius 1 is 1.25 bits per heavy atom. The van der Waals surface area contributed by atoms with E-state index < -0.39 is 16.0 Å². The minimum absolute atomic E-state index is 0.251. The number of hydrogen-bond donors (Lipinski definition) is 0. The summed E-state index contributed by atoms with van der Waals surface area (Å²) in [7, 11) is -3.44. The van der Waals surface area contributed by atoms with Crippen LogP contribution in [0.2, 0.25) is 0 Å². The van der Waals surface area contributed by atoms with E-state index in [0.29, 0.717) is 12.2 Å². The fraction of sp³-hybridized carbons (Fsp3) is 0.500. The second-order valence-electron chi connectivity index (χ2n) is 4.43. The lowest BCUT2D eigenvalue weighted by Gasteiger charge is -2.24. The van der Waals surface area contributed by atoms with Crippen LogP contribution in [0.5, 0.6) is 0 Å². The summed E-state index contributed by atoms with van der Waals surface area (Å²) in [4.78, 5) is 11.9. The molecule has 6 heteroatoms. The molecular formula is C14H21NO4S. The molecule has 0 heterocycles. The number of hydrogen-bond acceptors (Lipinski definition) is 4. The molecule has 0 unspecified atom stereocenters. The number of esters is 1. The number of unbranched alkanes of at least 4 members (excludes halogenated alkanes) is 1. The average Bonchev–Trinajstić information content (AvgIpc) is 2.38. The summed E-state index contributed by atoms with van der Waals surface area (Å²) >= 11 is 0. The lowest BCUT2D eigenvalue weighted by atomic mass is 10.1. The van der Waals surface area contributed by atoms with Gasteiger partial charge in [0, 0.05) is 6.54 Å². The van der Waals surface area contributed by atoms with E-state index in [-0.39, 0.29) is 12.2 Å². The molecule has 0 saturated heterocycles. The van der Waals surface area contributed by atoms with Gasteiger partial charge in [0.15, 0.2) is 0 Å². The number of benzene rings is 1. The van der Waals surface area contributed by atoms with Crippen molar-refractivity contribution in [2.24, 2.45) is 0 Å². The summed E-state index contributed by atoms with van der Waals surface area (Å²) in [6.45, 7) is 4.30. The Bertz CT molecular complexity index is 554. The SMILES string of the molecule is CCCCN(c1ccccc1C(=O)OCC)S(C)(=O)=O. The number of anilines is 1. The third-order valence-electron chi connectivity index (χ3n) is 2.78. The van der Waals surface area contributed by atoms with Crippen molar-refractivity contribution in [3.05, 3.63) is 29.8 Å². The lowest BCUT2D eigenvalue weighted by molar-refractivity contribution is 0.0527. The minimum Gasteiger partial charge on any atom is -0.462 e. The van der Waals surface area contributed by atoms with Crippen LogP contribution in [0.15, 0.2) is 24.3 Å². The van der Waals surface area contributed by atoms with Crippen molar-refractivity contribution in [3.8, 4) is 0 Å². The molecule has 0 saturated carbocycles. The van der Waals surface area contributed by atoms with Gasteiger partial charge in [-0.25, -0.2) is 13.2 Å². The summed E-state index contributed by atoms with van der Waals surface area (Å²) in [5.41, 5.74) is 0.651. The molecular weight excluding hydrogens is 278 g/mol. The first kappa shape index (κ1) is 16.5. The topological polar surface area (TPSA) is 63.7 Å². The van der Waals surface area contributed by atoms with Crippen LogP contribution in [0.4, 0.5) is 5.69 Å². The molecule has 1 rings (SSSR count). The maximum Gasteiger partial charge on any atom is 0.340 e. The Morgan fingerprint density at radius 2 is 1.90 bits per heavy atom. The zero-order chi connectivity index (χ0) is 15.2. The number of sulfonamides is 1. The first-order valence-corrected chi connectivity index (χ1v) is 8.50. The molecule has 112 valence electrons. The Balaban J connectivity index is 3.23. The van der Waals surface area contributed by atoms with Crippen LogP contribution < -0.4 is 4.31 Å². The van der Waals surface area contributed by atoms with Gasteiger partial charge in [-0.3, -0.25) is 4.31 Å². The standard InChI is InChI=1S/C14H21NO4S/c1-4-6-11-15(20(3,17)18)13-10-8-7-9-12(13)14(16)19-5-2/h7-10H,4-6,11H2,1-3H3. The second kappa shape index (κ2) is 7.28. The van der Waals surface area contributed by atoms with E-state index in [0.717, 1.165) is 19.1 Å². The van der Waals surface area contributed by atoms with Crippen molar-refractivity contribution in [2.75, 3.05) is 23.7 Å². The highest BCUT2D eigenvalue weighted by atomic mass is 32.2. The number of nitrogens with zero attached hydrogens (tertiary/aromatic N) is 1. The monoisotopic (exact) mass is 299 g/mol. The summed E-state index contributed by atoms with van der Waals surface area (Å²) in [6.07, 6.45) is 2.74. The van der Waals surface area contributed by atoms with Gasteiger partial charge >= 0.3 is 5.97 Å². The van der Waals surface area contributed by atoms with Crippen molar-refractivity contribution >= 4 is 21.7 Å². The van der Waals surface area contributed by atoms with Gasteiger partial charge in [-0.2, -0.15) is 0 Å². The van der Waals surface area contributed by atoms with Gasteiger partial charge in [0.1, 0.15) is 0 Å². The molecule has 0 aliphatic heterocycles. The molecule has 5 nitrogen and oxygen atoms in total. The summed E-state index contributed by atoms with van der Waals surface area (Å²) in [6, 6.07) is 6.61. The predicted molar refractivity (Wildman–Crippen MR) is 79.5 cm³/mol. The number of carbonyl (C=O) groups excluding carboxylic acids is 1. The Morgan fingerprint density at radius 3 is 2.45 bits per heavy atom. The van der Waals surface area contributed by atoms with E-state index in [1.807, 2.05) is 6.92 Å². The van der Waals surface area contributed by atoms with Crippen LogP contribution in [0.25, 0.3) is 0 Å². The zero-order valence-corrected chi connectivity index (χ0v) is 12.9. The van der Waals surface area contributed by atoms with Gasteiger partial charge in [0.25, 0.3) is 0 Å². The molecule has 0 bridgehead atoms. The van der Waals surface area contributed by atoms with Crippen molar-refractivity contribution < 1.29 is 17.9 Å². The molecule has 1 aromatic carbocycles. The van der Waals surface area contributed by atoms with Crippen molar-refractivity contribution in [1.29, 1.82) is 0 Å². The van der Waals surface area contributed by atoms with E-state index >= 15 is 0 Å². The predicted octanol–water partition coefficient (Wildman–Crippen LogP) is 2.43. The largest absolute Gasteiger partial charge is 0.462 e. The highest BCUT2D eigenvalue weighted by molar-refractivity contribution is 7.92. The number of para-hydroxylation sites is 1. The van der Waals surface area contributed by atoms with Crippen molar-refractivity contribution in [1.82, 2.24) is 0 Å². The molecule has 0 N–H and O–H groups in total. The molecule has 0 fully saturated rings. The van der Waals surface area contributed by atoms with Gasteiger partial charge < -0.3 is 4.74 Å². The minimum atomic E-state index is -3.44. The van der Waals surface area contributed by atoms with E-state index in [9.17, 15) is 13.2 Å². The molecule has 0 spiro atoms. The molecule has 20 heavy (non-hydrogen) atoms. The fourth-order valence-corrected chi connectivity index (χ4v) is 2.82. The van der Waals surface area contributed by atoms with E-state index in [1.165, 1.54) is 4.31 Å². The summed E-state index contributed by atoms with van der Waals surface area (Å²) in [5, 5.41) is 0. The molecule has 0 aromatic heterocycles. The third kappa shape index (κ3) is 4.23. The molecule has 0 atom stereocenters. The van der Waals surface area contributed by atoms with Gasteiger partial charge in [0.05, 0.1) is 24.1 Å². The molecule has 0 aliphatic rings. The Hall–Kier alpha value is -1.56. The van der Waals surface area contributed by atoms with Gasteiger partial charge in [0.2, 0.25) is 10.0 Å². The van der Waals surface area contributed by atoms with Crippen molar-refractivity contribution in [3.63, 3.8) is 0 Å². The summed E-state index contributed by atoms with van der Waals surface area (Å²) in [5.74, 6) is -0.506. The van der Waals surface area contributed by atoms with Gasteiger partial charge in [-0.05, 0) is 25.5 Å². The van der Waals surface area contributed by atoms with Crippen LogP contribution >= 0.6 is 0 Å². The maximum atomic E-state index is 11.9. The molecule has 0 amide bonds. The number of ether oxygens (including phenoxy) is 1. The van der Waals surface area contributed by atoms with E-state index in [2.05, 4.69) is 0 Å². The normalized spacial score (nSPS) is 11.2. The molecule has 0 radical (unpaired) electrons. The Labute approximate surface area is 120 Å². The van der Waals surface area contributed by atoms with Gasteiger partial charge in [-0.1, -0.05) is 25.5 Å². The first-order chi connectivity index (χ1) is 9.41. The van der Waals surface area contributed by atoms with Crippen LogP contribution in [0, 0.1) is 0 Å². The van der Waals surface area contributed by atoms with Crippen LogP contribution in [-0.2, 0) is 14.8 Å². The highest BCUT2D eigenvalue weighted by Crippen LogP contribution is 2.24. The fourth-order valence-electron chi connectivity index (χ4n) is 1.84. The molecule has 0 aliphatic carbocycles. The quantitative estimate of drug-likeness (QED) is 0.725. The maximum absolute atomic E-state index is 11.9. The average molecular weight is 299 g/mol. The highest BCUT2D eigenvalue weighted by Gasteiger charge is 2.22. The van der Waals surface area contributed by atoms with E-state index in [1.54, 1.807) is 31.2 Å².